The number of halogens is 1. The van der Waals surface area contributed by atoms with E-state index in [1.165, 1.54) is 12.6 Å². The standard InChI is InChI=1S/C15H16ClN5O4/c16-8-1-2-24-10(8)4-17-14-13-15(19-6-18-14)21(7-20-13)12-3-9(23)11(5-22)25-12/h1-2,6-7,9,11-12,22-23H,3-5H2,(H,17,18,19)/t9-,11+,12?/m0/s1. The molecule has 132 valence electrons. The van der Waals surface area contributed by atoms with E-state index in [0.29, 0.717) is 40.7 Å². The number of imidazole rings is 1. The lowest BCUT2D eigenvalue weighted by atomic mass is 10.2. The van der Waals surface area contributed by atoms with Gasteiger partial charge in [0.25, 0.3) is 0 Å². The average Bonchev–Trinajstić information content (AvgIpc) is 3.31. The number of furan rings is 1. The fourth-order valence-electron chi connectivity index (χ4n) is 2.86. The first kappa shape index (κ1) is 16.3. The van der Waals surface area contributed by atoms with Crippen molar-refractivity contribution in [2.75, 3.05) is 11.9 Å². The molecule has 1 fully saturated rings. The average molecular weight is 366 g/mol. The van der Waals surface area contributed by atoms with Crippen molar-refractivity contribution in [2.45, 2.75) is 31.4 Å². The summed E-state index contributed by atoms with van der Waals surface area (Å²) in [7, 11) is 0. The molecule has 0 aromatic carbocycles. The molecule has 25 heavy (non-hydrogen) atoms. The highest BCUT2D eigenvalue weighted by molar-refractivity contribution is 6.31. The van der Waals surface area contributed by atoms with Gasteiger partial charge in [-0.2, -0.15) is 0 Å². The van der Waals surface area contributed by atoms with Crippen molar-refractivity contribution in [2.24, 2.45) is 0 Å². The summed E-state index contributed by atoms with van der Waals surface area (Å²) in [6, 6.07) is 1.67. The second-order valence-electron chi connectivity index (χ2n) is 5.71. The SMILES string of the molecule is OC[C@H]1OC(n2cnc3c(NCc4occc4Cl)ncnc32)C[C@@H]1O. The van der Waals surface area contributed by atoms with Gasteiger partial charge >= 0.3 is 0 Å². The van der Waals surface area contributed by atoms with E-state index in [2.05, 4.69) is 20.3 Å². The third-order valence-corrected chi connectivity index (χ3v) is 4.50. The van der Waals surface area contributed by atoms with Crippen LogP contribution in [-0.4, -0.2) is 48.5 Å². The van der Waals surface area contributed by atoms with Crippen LogP contribution in [0.25, 0.3) is 11.2 Å². The van der Waals surface area contributed by atoms with Crippen LogP contribution in [0.2, 0.25) is 5.02 Å². The molecule has 0 radical (unpaired) electrons. The molecule has 0 spiro atoms. The van der Waals surface area contributed by atoms with Gasteiger partial charge in [0.1, 0.15) is 24.4 Å². The predicted octanol–water partition coefficient (Wildman–Crippen LogP) is 1.33. The Morgan fingerprint density at radius 2 is 2.24 bits per heavy atom. The zero-order valence-corrected chi connectivity index (χ0v) is 13.8. The highest BCUT2D eigenvalue weighted by atomic mass is 35.5. The largest absolute Gasteiger partial charge is 0.466 e. The monoisotopic (exact) mass is 365 g/mol. The molecular weight excluding hydrogens is 350 g/mol. The third-order valence-electron chi connectivity index (χ3n) is 4.16. The molecule has 4 heterocycles. The van der Waals surface area contributed by atoms with Gasteiger partial charge in [-0.1, -0.05) is 11.6 Å². The summed E-state index contributed by atoms with van der Waals surface area (Å²) in [6.45, 7) is 0.117. The van der Waals surface area contributed by atoms with Crippen molar-refractivity contribution < 1.29 is 19.4 Å². The van der Waals surface area contributed by atoms with Gasteiger partial charge in [0, 0.05) is 6.42 Å². The predicted molar refractivity (Wildman–Crippen MR) is 88.0 cm³/mol. The van der Waals surface area contributed by atoms with Gasteiger partial charge in [0.05, 0.1) is 36.9 Å². The quantitative estimate of drug-likeness (QED) is 0.619. The molecule has 0 bridgehead atoms. The van der Waals surface area contributed by atoms with E-state index in [-0.39, 0.29) is 6.61 Å². The summed E-state index contributed by atoms with van der Waals surface area (Å²) in [5.74, 6) is 1.13. The van der Waals surface area contributed by atoms with Crippen molar-refractivity contribution in [3.05, 3.63) is 35.8 Å². The Morgan fingerprint density at radius 1 is 1.36 bits per heavy atom. The van der Waals surface area contributed by atoms with Crippen molar-refractivity contribution in [3.63, 3.8) is 0 Å². The van der Waals surface area contributed by atoms with Crippen molar-refractivity contribution >= 4 is 28.6 Å². The highest BCUT2D eigenvalue weighted by Gasteiger charge is 2.35. The second-order valence-corrected chi connectivity index (χ2v) is 6.11. The number of anilines is 1. The number of aliphatic hydroxyl groups is 2. The van der Waals surface area contributed by atoms with Gasteiger partial charge in [-0.25, -0.2) is 15.0 Å². The second kappa shape index (κ2) is 6.60. The maximum absolute atomic E-state index is 9.91. The van der Waals surface area contributed by atoms with E-state index >= 15 is 0 Å². The number of ether oxygens (including phenoxy) is 1. The zero-order chi connectivity index (χ0) is 17.4. The van der Waals surface area contributed by atoms with Crippen LogP contribution < -0.4 is 5.32 Å². The van der Waals surface area contributed by atoms with Gasteiger partial charge in [-0.3, -0.25) is 4.57 Å². The summed E-state index contributed by atoms with van der Waals surface area (Å²) in [4.78, 5) is 12.8. The summed E-state index contributed by atoms with van der Waals surface area (Å²) >= 11 is 6.01. The number of aliphatic hydroxyl groups excluding tert-OH is 2. The normalized spacial score (nSPS) is 23.4. The Balaban J connectivity index is 1.59. The number of nitrogens with zero attached hydrogens (tertiary/aromatic N) is 4. The highest BCUT2D eigenvalue weighted by Crippen LogP contribution is 2.31. The molecule has 1 saturated heterocycles. The van der Waals surface area contributed by atoms with E-state index in [4.69, 9.17) is 20.8 Å². The van der Waals surface area contributed by atoms with E-state index in [1.54, 1.807) is 17.0 Å². The Hall–Kier alpha value is -2.20. The lowest BCUT2D eigenvalue weighted by Gasteiger charge is -2.13. The Bertz CT molecular complexity index is 882. The molecule has 1 aliphatic rings. The Kier molecular flexibility index (Phi) is 4.30. The van der Waals surface area contributed by atoms with Gasteiger partial charge in [0.15, 0.2) is 17.0 Å². The number of rotatable bonds is 5. The van der Waals surface area contributed by atoms with Crippen LogP contribution in [0.4, 0.5) is 5.82 Å². The van der Waals surface area contributed by atoms with Gasteiger partial charge in [-0.15, -0.1) is 0 Å². The van der Waals surface area contributed by atoms with Crippen molar-refractivity contribution in [1.82, 2.24) is 19.5 Å². The van der Waals surface area contributed by atoms with Crippen molar-refractivity contribution in [3.8, 4) is 0 Å². The molecule has 1 aliphatic heterocycles. The molecule has 3 N–H and O–H groups in total. The van der Waals surface area contributed by atoms with Crippen LogP contribution in [0.1, 0.15) is 18.4 Å². The molecule has 4 rings (SSSR count). The van der Waals surface area contributed by atoms with Crippen LogP contribution in [0, 0.1) is 0 Å². The number of nitrogens with one attached hydrogen (secondary N) is 1. The molecule has 0 saturated carbocycles. The molecular formula is C15H16ClN5O4. The van der Waals surface area contributed by atoms with Gasteiger partial charge in [-0.05, 0) is 6.07 Å². The van der Waals surface area contributed by atoms with E-state index in [1.807, 2.05) is 0 Å². The summed E-state index contributed by atoms with van der Waals surface area (Å²) in [5.41, 5.74) is 1.13. The lowest BCUT2D eigenvalue weighted by Crippen LogP contribution is -2.24. The molecule has 3 atom stereocenters. The minimum absolute atomic E-state index is 0.240. The Morgan fingerprint density at radius 3 is 2.96 bits per heavy atom. The van der Waals surface area contributed by atoms with Gasteiger partial charge in [0.2, 0.25) is 0 Å². The summed E-state index contributed by atoms with van der Waals surface area (Å²) in [6.07, 6.45) is 3.09. The molecule has 10 heteroatoms. The maximum atomic E-state index is 9.91. The molecule has 0 amide bonds. The number of fused-ring (bicyclic) bond motifs is 1. The number of hydrogen-bond donors (Lipinski definition) is 3. The fourth-order valence-corrected chi connectivity index (χ4v) is 3.02. The first-order chi connectivity index (χ1) is 12.2. The third kappa shape index (κ3) is 2.95. The minimum Gasteiger partial charge on any atom is -0.466 e. The first-order valence-electron chi connectivity index (χ1n) is 7.75. The lowest BCUT2D eigenvalue weighted by molar-refractivity contribution is -0.0432. The first-order valence-corrected chi connectivity index (χ1v) is 8.13. The van der Waals surface area contributed by atoms with Crippen LogP contribution in [-0.2, 0) is 11.3 Å². The van der Waals surface area contributed by atoms with Crippen molar-refractivity contribution in [1.29, 1.82) is 0 Å². The van der Waals surface area contributed by atoms with E-state index in [9.17, 15) is 10.2 Å². The minimum atomic E-state index is -0.729. The van der Waals surface area contributed by atoms with Crippen LogP contribution in [0.5, 0.6) is 0 Å². The number of hydrogen-bond acceptors (Lipinski definition) is 8. The van der Waals surface area contributed by atoms with Crippen LogP contribution in [0.15, 0.2) is 29.4 Å². The number of aromatic nitrogens is 4. The maximum Gasteiger partial charge on any atom is 0.167 e. The topological polar surface area (TPSA) is 118 Å². The summed E-state index contributed by atoms with van der Waals surface area (Å²) < 4.78 is 12.7. The molecule has 9 nitrogen and oxygen atoms in total. The van der Waals surface area contributed by atoms with Crippen LogP contribution >= 0.6 is 11.6 Å². The zero-order valence-electron chi connectivity index (χ0n) is 13.0. The Labute approximate surface area is 147 Å². The van der Waals surface area contributed by atoms with Gasteiger partial charge < -0.3 is 24.7 Å². The molecule has 0 aliphatic carbocycles. The fraction of sp³-hybridized carbons (Fsp3) is 0.400. The summed E-state index contributed by atoms with van der Waals surface area (Å²) in [5, 5.41) is 22.8. The van der Waals surface area contributed by atoms with E-state index < -0.39 is 18.4 Å². The smallest absolute Gasteiger partial charge is 0.167 e. The van der Waals surface area contributed by atoms with E-state index in [0.717, 1.165) is 0 Å². The molecule has 1 unspecified atom stereocenters. The van der Waals surface area contributed by atoms with Crippen LogP contribution in [0.3, 0.4) is 0 Å². The molecule has 3 aromatic heterocycles. The molecule has 3 aromatic rings.